The minimum Gasteiger partial charge on any atom is -0.382 e. The summed E-state index contributed by atoms with van der Waals surface area (Å²) in [5.41, 5.74) is 0.513. The van der Waals surface area contributed by atoms with Crippen molar-refractivity contribution in [3.8, 4) is 10.4 Å². The molecule has 7 nitrogen and oxygen atoms in total. The predicted octanol–water partition coefficient (Wildman–Crippen LogP) is 5.34. The molecule has 1 aliphatic rings. The van der Waals surface area contributed by atoms with E-state index < -0.39 is 56.9 Å². The Morgan fingerprint density at radius 2 is 1.79 bits per heavy atom. The molecule has 17 heteroatoms. The first-order chi connectivity index (χ1) is 17.4. The number of amides is 1. The number of carbonyl (C=O) groups is 1. The van der Waals surface area contributed by atoms with E-state index in [-0.39, 0.29) is 21.5 Å². The minimum absolute atomic E-state index is 0.140. The Kier molecular flexibility index (Phi) is 9.31. The highest BCUT2D eigenvalue weighted by Crippen LogP contribution is 2.43. The van der Waals surface area contributed by atoms with Crippen molar-refractivity contribution in [1.29, 1.82) is 0 Å². The van der Waals surface area contributed by atoms with Gasteiger partial charge in [-0.2, -0.15) is 31.1 Å². The first kappa shape index (κ1) is 30.9. The summed E-state index contributed by atoms with van der Waals surface area (Å²) in [6.07, 6.45) is -9.43. The normalized spacial score (nSPS) is 16.7. The molecule has 0 aliphatic heterocycles. The molecule has 0 radical (unpaired) electrons. The SMILES string of the molecule is C[C@H](NS(=O)(=O)c1ccc(-c2sc(C(=O)NC[C@@H](O)C(F)(F)F)nc2CC2CCC2)c(Cl)c1Cl)C(F)(F)F. The van der Waals surface area contributed by atoms with Crippen LogP contribution in [-0.2, 0) is 16.4 Å². The van der Waals surface area contributed by atoms with E-state index >= 15 is 0 Å². The number of aliphatic hydroxyl groups is 1. The van der Waals surface area contributed by atoms with Gasteiger partial charge >= 0.3 is 12.4 Å². The molecule has 212 valence electrons. The zero-order valence-electron chi connectivity index (χ0n) is 19.4. The van der Waals surface area contributed by atoms with Crippen LogP contribution >= 0.6 is 34.5 Å². The number of carbonyl (C=O) groups excluding carboxylic acids is 1. The molecule has 3 rings (SSSR count). The molecule has 1 saturated carbocycles. The third-order valence-corrected chi connectivity index (χ3v) is 9.54. The molecule has 0 saturated heterocycles. The molecule has 1 aromatic heterocycles. The lowest BCUT2D eigenvalue weighted by molar-refractivity contribution is -0.201. The summed E-state index contributed by atoms with van der Waals surface area (Å²) >= 11 is 13.3. The first-order valence-corrected chi connectivity index (χ1v) is 14.1. The summed E-state index contributed by atoms with van der Waals surface area (Å²) in [6.45, 7) is -0.483. The summed E-state index contributed by atoms with van der Waals surface area (Å²) in [7, 11) is -4.73. The van der Waals surface area contributed by atoms with Gasteiger partial charge < -0.3 is 10.4 Å². The fourth-order valence-corrected chi connectivity index (χ4v) is 6.62. The highest BCUT2D eigenvalue weighted by molar-refractivity contribution is 7.89. The van der Waals surface area contributed by atoms with Crippen LogP contribution in [0.1, 0.15) is 41.7 Å². The van der Waals surface area contributed by atoms with Crippen LogP contribution in [0.15, 0.2) is 17.0 Å². The number of thiazole rings is 1. The summed E-state index contributed by atoms with van der Waals surface area (Å²) in [6, 6.07) is -0.246. The van der Waals surface area contributed by atoms with Crippen LogP contribution in [0, 0.1) is 5.92 Å². The van der Waals surface area contributed by atoms with Gasteiger partial charge in [-0.3, -0.25) is 4.79 Å². The van der Waals surface area contributed by atoms with Crippen LogP contribution in [-0.4, -0.2) is 55.5 Å². The van der Waals surface area contributed by atoms with Crippen LogP contribution in [0.4, 0.5) is 26.3 Å². The second kappa shape index (κ2) is 11.5. The quantitative estimate of drug-likeness (QED) is 0.325. The molecule has 2 aromatic rings. The van der Waals surface area contributed by atoms with Crippen molar-refractivity contribution in [2.45, 2.75) is 62.0 Å². The summed E-state index contributed by atoms with van der Waals surface area (Å²) < 4.78 is 103. The lowest BCUT2D eigenvalue weighted by Gasteiger charge is -2.24. The van der Waals surface area contributed by atoms with E-state index in [4.69, 9.17) is 28.3 Å². The third-order valence-electron chi connectivity index (χ3n) is 5.84. The molecule has 0 unspecified atom stereocenters. The number of rotatable bonds is 9. The Morgan fingerprint density at radius 3 is 2.32 bits per heavy atom. The molecular weight excluding hydrogens is 607 g/mol. The van der Waals surface area contributed by atoms with E-state index in [1.807, 2.05) is 5.32 Å². The van der Waals surface area contributed by atoms with E-state index in [9.17, 15) is 39.6 Å². The van der Waals surface area contributed by atoms with Crippen molar-refractivity contribution >= 4 is 50.5 Å². The van der Waals surface area contributed by atoms with E-state index in [1.54, 1.807) is 0 Å². The van der Waals surface area contributed by atoms with E-state index in [1.165, 1.54) is 10.8 Å². The summed E-state index contributed by atoms with van der Waals surface area (Å²) in [5, 5.41) is 9.98. The van der Waals surface area contributed by atoms with E-state index in [0.29, 0.717) is 23.9 Å². The van der Waals surface area contributed by atoms with Crippen LogP contribution in [0.5, 0.6) is 0 Å². The minimum atomic E-state index is -4.93. The van der Waals surface area contributed by atoms with E-state index in [2.05, 4.69) is 4.98 Å². The number of nitrogens with zero attached hydrogens (tertiary/aromatic N) is 1. The van der Waals surface area contributed by atoms with Gasteiger partial charge in [-0.05, 0) is 25.3 Å². The summed E-state index contributed by atoms with van der Waals surface area (Å²) in [5.74, 6) is -0.757. The molecule has 0 bridgehead atoms. The number of hydrogen-bond donors (Lipinski definition) is 3. The fourth-order valence-electron chi connectivity index (χ4n) is 3.43. The van der Waals surface area contributed by atoms with Crippen molar-refractivity contribution in [1.82, 2.24) is 15.0 Å². The van der Waals surface area contributed by atoms with Gasteiger partial charge in [0, 0.05) is 5.56 Å². The second-order valence-electron chi connectivity index (χ2n) is 8.69. The van der Waals surface area contributed by atoms with Gasteiger partial charge in [0.25, 0.3) is 5.91 Å². The van der Waals surface area contributed by atoms with Crippen LogP contribution < -0.4 is 10.0 Å². The molecule has 38 heavy (non-hydrogen) atoms. The van der Waals surface area contributed by atoms with E-state index in [0.717, 1.165) is 36.7 Å². The molecule has 1 aromatic carbocycles. The first-order valence-electron chi connectivity index (χ1n) is 11.0. The standard InChI is InChI=1S/C21H21Cl2F6N3O4S2/c1-9(20(24,25)26)32-38(35,36)13-6-5-11(15(22)16(13)23)17-12(7-10-3-2-4-10)31-19(37-17)18(34)30-8-14(33)21(27,28)29/h5-6,9-10,14,32-33H,2-4,7-8H2,1H3,(H,30,34)/t9-,14+/m0/s1. The number of halogens is 8. The van der Waals surface area contributed by atoms with Gasteiger partial charge in [0.05, 0.1) is 27.2 Å². The molecule has 2 atom stereocenters. The summed E-state index contributed by atoms with van der Waals surface area (Å²) in [4.78, 5) is 16.3. The van der Waals surface area contributed by atoms with Crippen LogP contribution in [0.3, 0.4) is 0 Å². The monoisotopic (exact) mass is 627 g/mol. The number of aliphatic hydroxyl groups excluding tert-OH is 1. The maximum Gasteiger partial charge on any atom is 0.416 e. The average Bonchev–Trinajstić information content (AvgIpc) is 3.18. The highest BCUT2D eigenvalue weighted by Gasteiger charge is 2.40. The van der Waals surface area contributed by atoms with Gasteiger partial charge in [0.1, 0.15) is 10.9 Å². The van der Waals surface area contributed by atoms with Crippen LogP contribution in [0.2, 0.25) is 10.0 Å². The maximum absolute atomic E-state index is 12.9. The molecule has 3 N–H and O–H groups in total. The van der Waals surface area contributed by atoms with Gasteiger partial charge in [0.2, 0.25) is 10.0 Å². The topological polar surface area (TPSA) is 108 Å². The Labute approximate surface area is 227 Å². The Balaban J connectivity index is 1.96. The molecule has 1 aliphatic carbocycles. The largest absolute Gasteiger partial charge is 0.416 e. The fraction of sp³-hybridized carbons (Fsp3) is 0.524. The Bertz CT molecular complexity index is 1300. The molecule has 1 fully saturated rings. The maximum atomic E-state index is 12.9. The smallest absolute Gasteiger partial charge is 0.382 e. The van der Waals surface area contributed by atoms with Crippen molar-refractivity contribution in [2.75, 3.05) is 6.54 Å². The molecule has 0 spiro atoms. The number of hydrogen-bond acceptors (Lipinski definition) is 6. The molecule has 1 amide bonds. The third kappa shape index (κ3) is 7.10. The van der Waals surface area contributed by atoms with Gasteiger partial charge in [-0.25, -0.2) is 13.4 Å². The molecular formula is C21H21Cl2F6N3O4S2. The van der Waals surface area contributed by atoms with Gasteiger partial charge in [0.15, 0.2) is 11.1 Å². The van der Waals surface area contributed by atoms with Crippen molar-refractivity contribution in [3.63, 3.8) is 0 Å². The number of aromatic nitrogens is 1. The highest BCUT2D eigenvalue weighted by atomic mass is 35.5. The predicted molar refractivity (Wildman–Crippen MR) is 129 cm³/mol. The zero-order valence-corrected chi connectivity index (χ0v) is 22.5. The van der Waals surface area contributed by atoms with Gasteiger partial charge in [-0.1, -0.05) is 48.5 Å². The number of nitrogens with one attached hydrogen (secondary N) is 2. The Hall–Kier alpha value is -1.65. The lowest BCUT2D eigenvalue weighted by atomic mass is 9.82. The zero-order chi connectivity index (χ0) is 28.6. The lowest BCUT2D eigenvalue weighted by Crippen LogP contribution is -2.43. The van der Waals surface area contributed by atoms with Gasteiger partial charge in [-0.15, -0.1) is 11.3 Å². The Morgan fingerprint density at radius 1 is 1.16 bits per heavy atom. The average molecular weight is 628 g/mol. The van der Waals surface area contributed by atoms with Crippen molar-refractivity contribution < 1.29 is 44.7 Å². The van der Waals surface area contributed by atoms with Crippen LogP contribution in [0.25, 0.3) is 10.4 Å². The van der Waals surface area contributed by atoms with Crippen molar-refractivity contribution in [2.24, 2.45) is 5.92 Å². The molecule has 1 heterocycles. The number of benzene rings is 1. The number of alkyl halides is 6. The second-order valence-corrected chi connectivity index (χ2v) is 12.1. The van der Waals surface area contributed by atoms with Crippen molar-refractivity contribution in [3.05, 3.63) is 32.9 Å². The number of sulfonamides is 1.